The van der Waals surface area contributed by atoms with Crippen LogP contribution in [0, 0.1) is 0 Å². The fourth-order valence-electron chi connectivity index (χ4n) is 3.60. The first-order chi connectivity index (χ1) is 11.0. The molecule has 3 heterocycles. The third kappa shape index (κ3) is 3.67. The smallest absolute Gasteiger partial charge is 0.317 e. The van der Waals surface area contributed by atoms with E-state index in [1.165, 1.54) is 0 Å². The number of nitrogens with one attached hydrogen (secondary N) is 1. The molecule has 1 N–H and O–H groups in total. The quantitative estimate of drug-likeness (QED) is 0.882. The molecule has 2 atom stereocenters. The number of piperazine rings is 1. The van der Waals surface area contributed by atoms with Crippen LogP contribution in [0.4, 0.5) is 4.79 Å². The number of amides is 2. The molecule has 3 rings (SSSR count). The van der Waals surface area contributed by atoms with Crippen molar-refractivity contribution in [2.24, 2.45) is 7.05 Å². The summed E-state index contributed by atoms with van der Waals surface area (Å²) in [7, 11) is 6.19. The second-order valence-corrected chi connectivity index (χ2v) is 6.88. The number of rotatable bonds is 3. The Labute approximate surface area is 138 Å². The zero-order chi connectivity index (χ0) is 16.4. The van der Waals surface area contributed by atoms with E-state index in [1.54, 1.807) is 4.68 Å². The molecule has 23 heavy (non-hydrogen) atoms. The zero-order valence-electron chi connectivity index (χ0n) is 14.4. The molecule has 0 saturated carbocycles. The number of nitrogens with zero attached hydrogens (tertiary/aromatic N) is 5. The summed E-state index contributed by atoms with van der Waals surface area (Å²) >= 11 is 0. The lowest BCUT2D eigenvalue weighted by Gasteiger charge is -2.38. The molecule has 2 saturated heterocycles. The third-order valence-corrected chi connectivity index (χ3v) is 5.09. The average Bonchev–Trinajstić information content (AvgIpc) is 3.16. The molecule has 2 amide bonds. The van der Waals surface area contributed by atoms with Crippen LogP contribution in [0.2, 0.25) is 0 Å². The fraction of sp³-hybridized carbons (Fsp3) is 0.750. The standard InChI is InChI=1S/C16H28N6O/c1-19-7-8-20(2)14(12-19)10-17-16(23)22-6-4-5-15(22)13-9-18-21(3)11-13/h9,11,14-15H,4-8,10,12H2,1-3H3,(H,17,23). The molecule has 0 spiro atoms. The lowest BCUT2D eigenvalue weighted by Crippen LogP contribution is -2.55. The van der Waals surface area contributed by atoms with E-state index in [9.17, 15) is 4.79 Å². The lowest BCUT2D eigenvalue weighted by molar-refractivity contribution is 0.112. The van der Waals surface area contributed by atoms with Crippen LogP contribution in [0.3, 0.4) is 0 Å². The van der Waals surface area contributed by atoms with E-state index in [0.717, 1.165) is 44.6 Å². The SMILES string of the molecule is CN1CCN(C)C(CNC(=O)N2CCCC2c2cnn(C)c2)C1. The summed E-state index contributed by atoms with van der Waals surface area (Å²) < 4.78 is 1.80. The van der Waals surface area contributed by atoms with Crippen molar-refractivity contribution in [3.8, 4) is 0 Å². The number of carbonyl (C=O) groups excluding carboxylic acids is 1. The Morgan fingerprint density at radius 3 is 2.87 bits per heavy atom. The van der Waals surface area contributed by atoms with Gasteiger partial charge in [-0.05, 0) is 26.9 Å². The van der Waals surface area contributed by atoms with Crippen LogP contribution in [0.15, 0.2) is 12.4 Å². The van der Waals surface area contributed by atoms with E-state index < -0.39 is 0 Å². The topological polar surface area (TPSA) is 56.6 Å². The average molecular weight is 320 g/mol. The first-order valence-corrected chi connectivity index (χ1v) is 8.46. The maximum absolute atomic E-state index is 12.6. The van der Waals surface area contributed by atoms with Gasteiger partial charge in [0.25, 0.3) is 0 Å². The van der Waals surface area contributed by atoms with Gasteiger partial charge in [-0.1, -0.05) is 0 Å². The van der Waals surface area contributed by atoms with Crippen LogP contribution in [0.5, 0.6) is 0 Å². The van der Waals surface area contributed by atoms with Crippen LogP contribution < -0.4 is 5.32 Å². The van der Waals surface area contributed by atoms with Crippen LogP contribution in [-0.2, 0) is 7.05 Å². The summed E-state index contributed by atoms with van der Waals surface area (Å²) in [5, 5.41) is 7.38. The van der Waals surface area contributed by atoms with Gasteiger partial charge < -0.3 is 15.1 Å². The van der Waals surface area contributed by atoms with E-state index in [4.69, 9.17) is 0 Å². The number of likely N-dealkylation sites (tertiary alicyclic amines) is 1. The molecule has 2 aliphatic heterocycles. The van der Waals surface area contributed by atoms with Gasteiger partial charge in [0, 0.05) is 57.6 Å². The molecule has 0 radical (unpaired) electrons. The highest BCUT2D eigenvalue weighted by Crippen LogP contribution is 2.31. The number of carbonyl (C=O) groups is 1. The molecule has 7 nitrogen and oxygen atoms in total. The molecule has 0 aliphatic carbocycles. The van der Waals surface area contributed by atoms with Gasteiger partial charge in [0.05, 0.1) is 12.2 Å². The number of aromatic nitrogens is 2. The number of urea groups is 1. The van der Waals surface area contributed by atoms with Crippen LogP contribution >= 0.6 is 0 Å². The lowest BCUT2D eigenvalue weighted by atomic mass is 10.1. The van der Waals surface area contributed by atoms with Crippen molar-refractivity contribution in [1.82, 2.24) is 29.8 Å². The Morgan fingerprint density at radius 2 is 2.13 bits per heavy atom. The first kappa shape index (κ1) is 16.3. The molecule has 1 aromatic heterocycles. The number of hydrogen-bond acceptors (Lipinski definition) is 4. The maximum Gasteiger partial charge on any atom is 0.317 e. The highest BCUT2D eigenvalue weighted by atomic mass is 16.2. The first-order valence-electron chi connectivity index (χ1n) is 8.46. The largest absolute Gasteiger partial charge is 0.336 e. The van der Waals surface area contributed by atoms with E-state index in [2.05, 4.69) is 34.3 Å². The number of hydrogen-bond donors (Lipinski definition) is 1. The summed E-state index contributed by atoms with van der Waals surface area (Å²) in [6.45, 7) is 4.68. The minimum Gasteiger partial charge on any atom is -0.336 e. The van der Waals surface area contributed by atoms with Crippen molar-refractivity contribution < 1.29 is 4.79 Å². The van der Waals surface area contributed by atoms with Crippen molar-refractivity contribution >= 4 is 6.03 Å². The minimum absolute atomic E-state index is 0.0537. The molecule has 0 bridgehead atoms. The van der Waals surface area contributed by atoms with Crippen LogP contribution in [-0.4, -0.2) is 83.4 Å². The second-order valence-electron chi connectivity index (χ2n) is 6.88. The van der Waals surface area contributed by atoms with Crippen LogP contribution in [0.25, 0.3) is 0 Å². The highest BCUT2D eigenvalue weighted by Gasteiger charge is 2.31. The highest BCUT2D eigenvalue weighted by molar-refractivity contribution is 5.75. The molecule has 128 valence electrons. The van der Waals surface area contributed by atoms with Crippen molar-refractivity contribution in [2.45, 2.75) is 24.9 Å². The Kier molecular flexibility index (Phi) is 4.87. The van der Waals surface area contributed by atoms with Gasteiger partial charge in [-0.2, -0.15) is 5.10 Å². The Hall–Kier alpha value is -1.60. The van der Waals surface area contributed by atoms with Crippen molar-refractivity contribution in [2.75, 3.05) is 46.8 Å². The summed E-state index contributed by atoms with van der Waals surface area (Å²) in [6, 6.07) is 0.602. The summed E-state index contributed by atoms with van der Waals surface area (Å²) in [5.74, 6) is 0. The number of aryl methyl sites for hydroxylation is 1. The fourth-order valence-corrected chi connectivity index (χ4v) is 3.60. The summed E-state index contributed by atoms with van der Waals surface area (Å²) in [4.78, 5) is 19.2. The third-order valence-electron chi connectivity index (χ3n) is 5.09. The van der Waals surface area contributed by atoms with Gasteiger partial charge in [-0.25, -0.2) is 4.79 Å². The van der Waals surface area contributed by atoms with Crippen molar-refractivity contribution in [3.05, 3.63) is 18.0 Å². The van der Waals surface area contributed by atoms with E-state index in [1.807, 2.05) is 24.3 Å². The van der Waals surface area contributed by atoms with E-state index >= 15 is 0 Å². The number of likely N-dealkylation sites (N-methyl/N-ethyl adjacent to an activating group) is 2. The predicted molar refractivity (Wildman–Crippen MR) is 89.2 cm³/mol. The normalized spacial score (nSPS) is 26.7. The molecule has 7 heteroatoms. The summed E-state index contributed by atoms with van der Waals surface area (Å²) in [5.41, 5.74) is 1.13. The van der Waals surface area contributed by atoms with E-state index in [0.29, 0.717) is 12.6 Å². The van der Waals surface area contributed by atoms with Crippen molar-refractivity contribution in [1.29, 1.82) is 0 Å². The van der Waals surface area contributed by atoms with Gasteiger partial charge in [-0.15, -0.1) is 0 Å². The molecular formula is C16H28N6O. The molecule has 2 aliphatic rings. The van der Waals surface area contributed by atoms with Gasteiger partial charge in [0.2, 0.25) is 0 Å². The van der Waals surface area contributed by atoms with Gasteiger partial charge in [0.15, 0.2) is 0 Å². The monoisotopic (exact) mass is 320 g/mol. The predicted octanol–water partition coefficient (Wildman–Crippen LogP) is 0.512. The summed E-state index contributed by atoms with van der Waals surface area (Å²) in [6.07, 6.45) is 5.96. The Morgan fingerprint density at radius 1 is 1.30 bits per heavy atom. The molecule has 2 unspecified atom stereocenters. The van der Waals surface area contributed by atoms with Gasteiger partial charge in [0.1, 0.15) is 0 Å². The van der Waals surface area contributed by atoms with Crippen LogP contribution in [0.1, 0.15) is 24.4 Å². The maximum atomic E-state index is 12.6. The minimum atomic E-state index is 0.0537. The Balaban J connectivity index is 1.57. The van der Waals surface area contributed by atoms with Crippen molar-refractivity contribution in [3.63, 3.8) is 0 Å². The second kappa shape index (κ2) is 6.88. The van der Waals surface area contributed by atoms with Gasteiger partial charge >= 0.3 is 6.03 Å². The zero-order valence-corrected chi connectivity index (χ0v) is 14.4. The molecular weight excluding hydrogens is 292 g/mol. The molecule has 0 aromatic carbocycles. The van der Waals surface area contributed by atoms with Gasteiger partial charge in [-0.3, -0.25) is 9.58 Å². The molecule has 1 aromatic rings. The Bertz CT molecular complexity index is 544. The molecule has 2 fully saturated rings. The van der Waals surface area contributed by atoms with E-state index in [-0.39, 0.29) is 12.1 Å².